The minimum Gasteiger partial charge on any atom is -0.480 e. The summed E-state index contributed by atoms with van der Waals surface area (Å²) in [4.78, 5) is 12.8. The van der Waals surface area contributed by atoms with Crippen LogP contribution in [-0.4, -0.2) is 16.6 Å². The number of hydrogen-bond donors (Lipinski definition) is 2. The molecule has 2 atom stereocenters. The lowest BCUT2D eigenvalue weighted by Gasteiger charge is -2.14. The number of benzene rings is 3. The molecule has 4 rings (SSSR count). The fraction of sp³-hybridized carbons (Fsp3) is 0.136. The number of halogens is 2. The molecule has 1 saturated carbocycles. The van der Waals surface area contributed by atoms with Gasteiger partial charge in [0.2, 0.25) is 0 Å². The molecule has 2 N–H and O–H groups in total. The molecule has 3 aromatic carbocycles. The monoisotopic (exact) mass is 429 g/mol. The third kappa shape index (κ3) is 3.78. The first-order valence-corrected chi connectivity index (χ1v) is 10.3. The summed E-state index contributed by atoms with van der Waals surface area (Å²) in [6.45, 7) is 0. The Labute approximate surface area is 177 Å². The van der Waals surface area contributed by atoms with E-state index in [1.165, 1.54) is 11.9 Å². The van der Waals surface area contributed by atoms with Crippen LogP contribution < -0.4 is 4.72 Å². The summed E-state index contributed by atoms with van der Waals surface area (Å²) in [5.41, 5.74) is 2.01. The average Bonchev–Trinajstić information content (AvgIpc) is 3.44. The first-order valence-electron chi connectivity index (χ1n) is 8.77. The van der Waals surface area contributed by atoms with Crippen LogP contribution in [0.4, 0.5) is 0 Å². The Morgan fingerprint density at radius 3 is 2.39 bits per heavy atom. The first-order chi connectivity index (χ1) is 13.5. The van der Waals surface area contributed by atoms with Crippen LogP contribution >= 0.6 is 35.1 Å². The predicted octanol–water partition coefficient (Wildman–Crippen LogP) is 6.27. The zero-order chi connectivity index (χ0) is 19.7. The van der Waals surface area contributed by atoms with Gasteiger partial charge in [0.1, 0.15) is 5.54 Å². The van der Waals surface area contributed by atoms with Crippen LogP contribution in [0.1, 0.15) is 17.9 Å². The van der Waals surface area contributed by atoms with Gasteiger partial charge in [0, 0.05) is 26.4 Å². The molecule has 6 heteroatoms. The number of carboxylic acids is 1. The van der Waals surface area contributed by atoms with Crippen LogP contribution in [0, 0.1) is 0 Å². The molecule has 0 saturated heterocycles. The van der Waals surface area contributed by atoms with Gasteiger partial charge in [-0.3, -0.25) is 4.79 Å². The number of hydrogen-bond acceptors (Lipinski definition) is 3. The van der Waals surface area contributed by atoms with E-state index in [1.54, 1.807) is 12.1 Å². The van der Waals surface area contributed by atoms with E-state index in [2.05, 4.69) is 4.72 Å². The number of nitrogens with one attached hydrogen (secondary N) is 1. The molecule has 0 heterocycles. The van der Waals surface area contributed by atoms with Crippen LogP contribution in [0.2, 0.25) is 10.0 Å². The quantitative estimate of drug-likeness (QED) is 0.453. The molecule has 142 valence electrons. The van der Waals surface area contributed by atoms with Crippen molar-refractivity contribution < 1.29 is 9.90 Å². The Balaban J connectivity index is 1.47. The molecule has 0 bridgehead atoms. The van der Waals surface area contributed by atoms with E-state index >= 15 is 0 Å². The standard InChI is InChI=1S/C22H17Cl2NO2S/c23-16-8-11-18(20(24)12-16)14-6-9-17(10-7-14)28-25-22(21(26)27)13-19(22)15-4-2-1-3-5-15/h1-12,19,25H,13H2,(H,26,27). The van der Waals surface area contributed by atoms with Crippen molar-refractivity contribution in [2.75, 3.05) is 0 Å². The van der Waals surface area contributed by atoms with Crippen LogP contribution in [0.15, 0.2) is 77.7 Å². The molecule has 1 fully saturated rings. The van der Waals surface area contributed by atoms with Gasteiger partial charge in [-0.15, -0.1) is 0 Å². The third-order valence-corrected chi connectivity index (χ3v) is 6.51. The Morgan fingerprint density at radius 2 is 1.75 bits per heavy atom. The van der Waals surface area contributed by atoms with Crippen molar-refractivity contribution >= 4 is 41.1 Å². The third-order valence-electron chi connectivity index (χ3n) is 4.99. The average molecular weight is 430 g/mol. The molecular formula is C22H17Cl2NO2S. The van der Waals surface area contributed by atoms with Gasteiger partial charge in [-0.05, 0) is 53.8 Å². The molecule has 3 aromatic rings. The lowest BCUT2D eigenvalue weighted by atomic mass is 10.1. The molecule has 0 aromatic heterocycles. The second-order valence-electron chi connectivity index (χ2n) is 6.80. The van der Waals surface area contributed by atoms with Gasteiger partial charge in [0.05, 0.1) is 0 Å². The lowest BCUT2D eigenvalue weighted by molar-refractivity contribution is -0.140. The first kappa shape index (κ1) is 19.3. The summed E-state index contributed by atoms with van der Waals surface area (Å²) in [6.07, 6.45) is 0.581. The molecule has 1 aliphatic rings. The molecule has 3 nitrogen and oxygen atoms in total. The van der Waals surface area contributed by atoms with Crippen molar-refractivity contribution in [1.29, 1.82) is 0 Å². The molecule has 0 radical (unpaired) electrons. The minimum absolute atomic E-state index is 0.0224. The predicted molar refractivity (Wildman–Crippen MR) is 115 cm³/mol. The second-order valence-corrected chi connectivity index (χ2v) is 8.52. The van der Waals surface area contributed by atoms with Gasteiger partial charge >= 0.3 is 5.97 Å². The van der Waals surface area contributed by atoms with Gasteiger partial charge in [-0.2, -0.15) is 0 Å². The molecule has 0 aliphatic heterocycles. The maximum atomic E-state index is 11.9. The van der Waals surface area contributed by atoms with Gasteiger partial charge in [-0.1, -0.05) is 71.7 Å². The summed E-state index contributed by atoms with van der Waals surface area (Å²) >= 11 is 13.6. The molecule has 0 amide bonds. The van der Waals surface area contributed by atoms with Crippen molar-refractivity contribution in [2.45, 2.75) is 22.8 Å². The van der Waals surface area contributed by atoms with Crippen molar-refractivity contribution in [3.8, 4) is 11.1 Å². The van der Waals surface area contributed by atoms with Crippen LogP contribution in [0.5, 0.6) is 0 Å². The maximum absolute atomic E-state index is 11.9. The Kier molecular flexibility index (Phi) is 5.39. The molecule has 1 aliphatic carbocycles. The number of carboxylic acid groups (broad SMARTS) is 1. The molecular weight excluding hydrogens is 413 g/mol. The van der Waals surface area contributed by atoms with Crippen LogP contribution in [0.3, 0.4) is 0 Å². The minimum atomic E-state index is -0.926. The summed E-state index contributed by atoms with van der Waals surface area (Å²) in [5.74, 6) is -0.843. The summed E-state index contributed by atoms with van der Waals surface area (Å²) in [7, 11) is 0. The second kappa shape index (κ2) is 7.80. The molecule has 2 unspecified atom stereocenters. The number of carbonyl (C=O) groups is 1. The van der Waals surface area contributed by atoms with Crippen molar-refractivity contribution in [3.05, 3.63) is 88.4 Å². The van der Waals surface area contributed by atoms with E-state index in [-0.39, 0.29) is 5.92 Å². The highest BCUT2D eigenvalue weighted by Crippen LogP contribution is 2.53. The van der Waals surface area contributed by atoms with E-state index in [0.717, 1.165) is 21.6 Å². The fourth-order valence-corrected chi connectivity index (χ4v) is 4.72. The zero-order valence-electron chi connectivity index (χ0n) is 14.7. The van der Waals surface area contributed by atoms with Crippen molar-refractivity contribution in [3.63, 3.8) is 0 Å². The fourth-order valence-electron chi connectivity index (χ4n) is 3.32. The summed E-state index contributed by atoms with van der Waals surface area (Å²) in [5, 5.41) is 11.0. The molecule has 28 heavy (non-hydrogen) atoms. The van der Waals surface area contributed by atoms with E-state index in [1.807, 2.05) is 60.7 Å². The van der Waals surface area contributed by atoms with Gasteiger partial charge in [0.25, 0.3) is 0 Å². The Hall–Kier alpha value is -1.98. The number of rotatable bonds is 6. The van der Waals surface area contributed by atoms with Gasteiger partial charge < -0.3 is 5.11 Å². The van der Waals surface area contributed by atoms with E-state index in [0.29, 0.717) is 16.5 Å². The van der Waals surface area contributed by atoms with Crippen LogP contribution in [0.25, 0.3) is 11.1 Å². The molecule has 0 spiro atoms. The van der Waals surface area contributed by atoms with Gasteiger partial charge in [0.15, 0.2) is 0 Å². The number of aliphatic carboxylic acids is 1. The van der Waals surface area contributed by atoms with Crippen LogP contribution in [-0.2, 0) is 4.79 Å². The zero-order valence-corrected chi connectivity index (χ0v) is 17.1. The summed E-state index contributed by atoms with van der Waals surface area (Å²) in [6, 6.07) is 23.0. The van der Waals surface area contributed by atoms with E-state index in [9.17, 15) is 9.90 Å². The maximum Gasteiger partial charge on any atom is 0.325 e. The van der Waals surface area contributed by atoms with E-state index in [4.69, 9.17) is 23.2 Å². The van der Waals surface area contributed by atoms with E-state index < -0.39 is 11.5 Å². The summed E-state index contributed by atoms with van der Waals surface area (Å²) < 4.78 is 3.19. The highest BCUT2D eigenvalue weighted by molar-refractivity contribution is 7.97. The Morgan fingerprint density at radius 1 is 1.04 bits per heavy atom. The topological polar surface area (TPSA) is 49.3 Å². The van der Waals surface area contributed by atoms with Crippen molar-refractivity contribution in [2.24, 2.45) is 0 Å². The SMILES string of the molecule is O=C(O)C1(NSc2ccc(-c3ccc(Cl)cc3Cl)cc2)CC1c1ccccc1. The highest BCUT2D eigenvalue weighted by Gasteiger charge is 2.61. The largest absolute Gasteiger partial charge is 0.480 e. The normalized spacial score (nSPS) is 20.7. The van der Waals surface area contributed by atoms with Gasteiger partial charge in [-0.25, -0.2) is 4.72 Å². The van der Waals surface area contributed by atoms with Crippen molar-refractivity contribution in [1.82, 2.24) is 4.72 Å². The Bertz CT molecular complexity index is 1010. The highest BCUT2D eigenvalue weighted by atomic mass is 35.5. The lowest BCUT2D eigenvalue weighted by Crippen LogP contribution is -2.36. The smallest absolute Gasteiger partial charge is 0.325 e.